The molecule has 0 fully saturated rings. The number of hydrogen-bond acceptors (Lipinski definition) is 1. The summed E-state index contributed by atoms with van der Waals surface area (Å²) >= 11 is 0. The number of hydrogen-bond donors (Lipinski definition) is 1. The fourth-order valence-corrected chi connectivity index (χ4v) is 1.98. The Hall–Kier alpha value is -1.28. The van der Waals surface area contributed by atoms with Crippen LogP contribution < -0.4 is 5.32 Å². The summed E-state index contributed by atoms with van der Waals surface area (Å²) in [5.74, 6) is 0. The van der Waals surface area contributed by atoms with E-state index in [1.54, 1.807) is 0 Å². The van der Waals surface area contributed by atoms with Crippen LogP contribution in [0.15, 0.2) is 36.7 Å². The summed E-state index contributed by atoms with van der Waals surface area (Å²) in [4.78, 5) is 0. The SMILES string of the molecule is CCNC(C)Cc1ccn2cccc2c1. The third-order valence-corrected chi connectivity index (χ3v) is 2.69. The van der Waals surface area contributed by atoms with Gasteiger partial charge >= 0.3 is 0 Å². The molecule has 2 heterocycles. The number of likely N-dealkylation sites (N-methyl/N-ethyl adjacent to an activating group) is 1. The van der Waals surface area contributed by atoms with E-state index in [1.165, 1.54) is 11.1 Å². The maximum Gasteiger partial charge on any atom is 0.0452 e. The van der Waals surface area contributed by atoms with E-state index >= 15 is 0 Å². The van der Waals surface area contributed by atoms with E-state index in [1.807, 2.05) is 0 Å². The molecule has 80 valence electrons. The maximum atomic E-state index is 3.43. The third kappa shape index (κ3) is 2.39. The summed E-state index contributed by atoms with van der Waals surface area (Å²) in [5, 5.41) is 3.43. The van der Waals surface area contributed by atoms with E-state index in [-0.39, 0.29) is 0 Å². The number of rotatable bonds is 4. The Morgan fingerprint density at radius 3 is 3.00 bits per heavy atom. The molecular weight excluding hydrogens is 184 g/mol. The van der Waals surface area contributed by atoms with Crippen molar-refractivity contribution in [2.24, 2.45) is 0 Å². The smallest absolute Gasteiger partial charge is 0.0452 e. The molecule has 1 atom stereocenters. The van der Waals surface area contributed by atoms with E-state index in [4.69, 9.17) is 0 Å². The van der Waals surface area contributed by atoms with Crippen molar-refractivity contribution in [3.63, 3.8) is 0 Å². The second-order valence-corrected chi connectivity index (χ2v) is 4.04. The van der Waals surface area contributed by atoms with Crippen molar-refractivity contribution in [2.75, 3.05) is 6.54 Å². The van der Waals surface area contributed by atoms with E-state index in [0.29, 0.717) is 6.04 Å². The van der Waals surface area contributed by atoms with Crippen LogP contribution in [0, 0.1) is 0 Å². The van der Waals surface area contributed by atoms with Crippen molar-refractivity contribution < 1.29 is 0 Å². The highest BCUT2D eigenvalue weighted by Crippen LogP contribution is 2.09. The number of pyridine rings is 1. The first-order valence-electron chi connectivity index (χ1n) is 5.58. The highest BCUT2D eigenvalue weighted by molar-refractivity contribution is 5.49. The van der Waals surface area contributed by atoms with Gasteiger partial charge in [0.2, 0.25) is 0 Å². The van der Waals surface area contributed by atoms with Gasteiger partial charge in [0.1, 0.15) is 0 Å². The zero-order valence-electron chi connectivity index (χ0n) is 9.40. The quantitative estimate of drug-likeness (QED) is 0.805. The fraction of sp³-hybridized carbons (Fsp3) is 0.385. The summed E-state index contributed by atoms with van der Waals surface area (Å²) in [5.41, 5.74) is 2.67. The van der Waals surface area contributed by atoms with Crippen LogP contribution in [0.1, 0.15) is 19.4 Å². The van der Waals surface area contributed by atoms with Crippen LogP contribution in [-0.2, 0) is 6.42 Å². The van der Waals surface area contributed by atoms with E-state index in [9.17, 15) is 0 Å². The minimum absolute atomic E-state index is 0.549. The number of aromatic nitrogens is 1. The number of nitrogens with zero attached hydrogens (tertiary/aromatic N) is 1. The molecule has 0 radical (unpaired) electrons. The van der Waals surface area contributed by atoms with Gasteiger partial charge in [-0.2, -0.15) is 0 Å². The van der Waals surface area contributed by atoms with Crippen molar-refractivity contribution in [3.8, 4) is 0 Å². The monoisotopic (exact) mass is 202 g/mol. The zero-order valence-corrected chi connectivity index (χ0v) is 9.40. The lowest BCUT2D eigenvalue weighted by Gasteiger charge is -2.12. The first-order valence-corrected chi connectivity index (χ1v) is 5.58. The first kappa shape index (κ1) is 10.2. The zero-order chi connectivity index (χ0) is 10.7. The van der Waals surface area contributed by atoms with Crippen molar-refractivity contribution in [1.82, 2.24) is 9.72 Å². The van der Waals surface area contributed by atoms with Crippen LogP contribution in [0.5, 0.6) is 0 Å². The Morgan fingerprint density at radius 1 is 1.33 bits per heavy atom. The van der Waals surface area contributed by atoms with Crippen LogP contribution in [0.25, 0.3) is 5.52 Å². The van der Waals surface area contributed by atoms with Crippen LogP contribution in [0.3, 0.4) is 0 Å². The van der Waals surface area contributed by atoms with Gasteiger partial charge in [-0.15, -0.1) is 0 Å². The Morgan fingerprint density at radius 2 is 2.20 bits per heavy atom. The molecule has 15 heavy (non-hydrogen) atoms. The Bertz CT molecular complexity index is 431. The maximum absolute atomic E-state index is 3.43. The van der Waals surface area contributed by atoms with Gasteiger partial charge in [-0.1, -0.05) is 6.92 Å². The van der Waals surface area contributed by atoms with E-state index < -0.39 is 0 Å². The molecule has 2 aromatic heterocycles. The van der Waals surface area contributed by atoms with Gasteiger partial charge in [-0.25, -0.2) is 0 Å². The largest absolute Gasteiger partial charge is 0.324 e. The predicted octanol–water partition coefficient (Wildman–Crippen LogP) is 2.48. The molecule has 0 amide bonds. The molecule has 2 rings (SSSR count). The van der Waals surface area contributed by atoms with E-state index in [2.05, 4.69) is 60.2 Å². The molecule has 2 heteroatoms. The van der Waals surface area contributed by atoms with Gasteiger partial charge in [0, 0.05) is 24.0 Å². The average molecular weight is 202 g/mol. The van der Waals surface area contributed by atoms with Gasteiger partial charge < -0.3 is 9.72 Å². The van der Waals surface area contributed by atoms with Gasteiger partial charge in [-0.3, -0.25) is 0 Å². The normalized spacial score (nSPS) is 13.2. The van der Waals surface area contributed by atoms with Gasteiger partial charge in [-0.05, 0) is 49.7 Å². The Kier molecular flexibility index (Phi) is 3.07. The third-order valence-electron chi connectivity index (χ3n) is 2.69. The van der Waals surface area contributed by atoms with Crippen molar-refractivity contribution in [2.45, 2.75) is 26.3 Å². The standard InChI is InChI=1S/C13H18N2/c1-3-14-11(2)9-12-6-8-15-7-4-5-13(15)10-12/h4-8,10-11,14H,3,9H2,1-2H3. The molecule has 0 saturated heterocycles. The minimum Gasteiger partial charge on any atom is -0.324 e. The van der Waals surface area contributed by atoms with Gasteiger partial charge in [0.15, 0.2) is 0 Å². The van der Waals surface area contributed by atoms with Crippen molar-refractivity contribution in [1.29, 1.82) is 0 Å². The molecule has 1 unspecified atom stereocenters. The molecule has 0 aliphatic rings. The van der Waals surface area contributed by atoms with Crippen LogP contribution in [0.4, 0.5) is 0 Å². The average Bonchev–Trinajstić information content (AvgIpc) is 2.65. The predicted molar refractivity (Wildman–Crippen MR) is 64.2 cm³/mol. The highest BCUT2D eigenvalue weighted by Gasteiger charge is 2.02. The molecule has 0 saturated carbocycles. The van der Waals surface area contributed by atoms with Crippen LogP contribution in [0.2, 0.25) is 0 Å². The first-order chi connectivity index (χ1) is 7.29. The molecule has 0 aromatic carbocycles. The fourth-order valence-electron chi connectivity index (χ4n) is 1.98. The van der Waals surface area contributed by atoms with Crippen molar-refractivity contribution >= 4 is 5.52 Å². The van der Waals surface area contributed by atoms with Gasteiger partial charge in [0.05, 0.1) is 0 Å². The lowest BCUT2D eigenvalue weighted by molar-refractivity contribution is 0.565. The Balaban J connectivity index is 2.14. The second-order valence-electron chi connectivity index (χ2n) is 4.04. The number of fused-ring (bicyclic) bond motifs is 1. The highest BCUT2D eigenvalue weighted by atomic mass is 14.9. The molecule has 2 aromatic rings. The second kappa shape index (κ2) is 4.49. The Labute approximate surface area is 90.9 Å². The molecule has 2 nitrogen and oxygen atoms in total. The molecule has 0 aliphatic heterocycles. The van der Waals surface area contributed by atoms with E-state index in [0.717, 1.165) is 13.0 Å². The summed E-state index contributed by atoms with van der Waals surface area (Å²) in [6.07, 6.45) is 5.30. The molecule has 0 aliphatic carbocycles. The topological polar surface area (TPSA) is 16.4 Å². The molecule has 0 spiro atoms. The lowest BCUT2D eigenvalue weighted by Crippen LogP contribution is -2.27. The summed E-state index contributed by atoms with van der Waals surface area (Å²) < 4.78 is 2.14. The summed E-state index contributed by atoms with van der Waals surface area (Å²) in [7, 11) is 0. The number of nitrogens with one attached hydrogen (secondary N) is 1. The van der Waals surface area contributed by atoms with Crippen LogP contribution >= 0.6 is 0 Å². The summed E-state index contributed by atoms with van der Waals surface area (Å²) in [6.45, 7) is 5.41. The minimum atomic E-state index is 0.549. The molecular formula is C13H18N2. The lowest BCUT2D eigenvalue weighted by atomic mass is 10.1. The van der Waals surface area contributed by atoms with Crippen LogP contribution in [-0.4, -0.2) is 17.0 Å². The van der Waals surface area contributed by atoms with Gasteiger partial charge in [0.25, 0.3) is 0 Å². The molecule has 1 N–H and O–H groups in total. The summed E-state index contributed by atoms with van der Waals surface area (Å²) in [6, 6.07) is 9.22. The molecule has 0 bridgehead atoms. The van der Waals surface area contributed by atoms with Crippen molar-refractivity contribution in [3.05, 3.63) is 42.2 Å².